The van der Waals surface area contributed by atoms with Gasteiger partial charge in [0, 0.05) is 0 Å². The van der Waals surface area contributed by atoms with Crippen molar-refractivity contribution in [2.24, 2.45) is 0 Å². The zero-order valence-corrected chi connectivity index (χ0v) is 11.3. The third kappa shape index (κ3) is 36.9. The van der Waals surface area contributed by atoms with Crippen LogP contribution >= 0.6 is 0 Å². The molecule has 0 spiro atoms. The van der Waals surface area contributed by atoms with Gasteiger partial charge in [0.05, 0.1) is 12.5 Å². The minimum Gasteiger partial charge on any atom is -0.418 e. The highest BCUT2D eigenvalue weighted by Gasteiger charge is 2.20. The van der Waals surface area contributed by atoms with Crippen molar-refractivity contribution in [2.45, 2.75) is 45.4 Å². The average Bonchev–Trinajstić information content (AvgIpc) is 2.08. The fourth-order valence-electron chi connectivity index (χ4n) is 1.17. The molecule has 0 saturated heterocycles. The van der Waals surface area contributed by atoms with Gasteiger partial charge in [-0.05, 0) is 23.7 Å². The summed E-state index contributed by atoms with van der Waals surface area (Å²) in [5, 5.41) is 0. The molecule has 0 aromatic carbocycles. The SMILES string of the molecule is CCCCCCCC[S+](C)C.F[B-](F)(F)F. The molecule has 0 unspecified atom stereocenters. The Morgan fingerprint density at radius 1 is 0.812 bits per heavy atom. The highest BCUT2D eigenvalue weighted by atomic mass is 32.2. The van der Waals surface area contributed by atoms with Crippen LogP contribution in [0.25, 0.3) is 0 Å². The molecule has 0 heterocycles. The first kappa shape index (κ1) is 18.5. The summed E-state index contributed by atoms with van der Waals surface area (Å²) in [6.07, 6.45) is 13.3. The van der Waals surface area contributed by atoms with Crippen molar-refractivity contribution in [3.63, 3.8) is 0 Å². The Labute approximate surface area is 99.6 Å². The van der Waals surface area contributed by atoms with Crippen molar-refractivity contribution in [1.29, 1.82) is 0 Å². The van der Waals surface area contributed by atoms with Crippen molar-refractivity contribution < 1.29 is 17.3 Å². The van der Waals surface area contributed by atoms with E-state index in [1.807, 2.05) is 0 Å². The average molecular weight is 262 g/mol. The molecule has 16 heavy (non-hydrogen) atoms. The van der Waals surface area contributed by atoms with Crippen molar-refractivity contribution in [2.75, 3.05) is 18.3 Å². The molecule has 100 valence electrons. The first-order valence-electron chi connectivity index (χ1n) is 5.69. The van der Waals surface area contributed by atoms with E-state index >= 15 is 0 Å². The lowest BCUT2D eigenvalue weighted by Crippen LogP contribution is -2.02. The Hall–Kier alpha value is 0.135. The van der Waals surface area contributed by atoms with Crippen LogP contribution < -0.4 is 0 Å². The maximum absolute atomic E-state index is 9.75. The van der Waals surface area contributed by atoms with Crippen LogP contribution in [0.3, 0.4) is 0 Å². The van der Waals surface area contributed by atoms with Crippen molar-refractivity contribution >= 4 is 18.1 Å². The summed E-state index contributed by atoms with van der Waals surface area (Å²) in [5.74, 6) is 1.45. The van der Waals surface area contributed by atoms with E-state index in [0.29, 0.717) is 10.9 Å². The molecular weight excluding hydrogens is 239 g/mol. The van der Waals surface area contributed by atoms with Gasteiger partial charge < -0.3 is 17.3 Å². The standard InChI is InChI=1S/C10H23S.BF4/c1-4-5-6-7-8-9-10-11(2)3;2-1(3,4)5/h4-10H2,1-3H3;/q+1;-1. The Kier molecular flexibility index (Phi) is 13.4. The molecule has 0 aliphatic carbocycles. The number of unbranched alkanes of at least 4 members (excludes halogenated alkanes) is 5. The number of hydrogen-bond donors (Lipinski definition) is 0. The summed E-state index contributed by atoms with van der Waals surface area (Å²) in [7, 11) is -5.32. The van der Waals surface area contributed by atoms with E-state index in [9.17, 15) is 17.3 Å². The van der Waals surface area contributed by atoms with Gasteiger partial charge in [-0.1, -0.05) is 32.6 Å². The molecule has 0 saturated carbocycles. The predicted molar refractivity (Wildman–Crippen MR) is 67.6 cm³/mol. The lowest BCUT2D eigenvalue weighted by molar-refractivity contribution is 0.368. The van der Waals surface area contributed by atoms with Crippen LogP contribution in [0.4, 0.5) is 17.3 Å². The van der Waals surface area contributed by atoms with Gasteiger partial charge in [0.15, 0.2) is 0 Å². The third-order valence-corrected chi connectivity index (χ3v) is 3.01. The summed E-state index contributed by atoms with van der Waals surface area (Å²) in [5.41, 5.74) is 0. The Bertz CT molecular complexity index is 133. The zero-order valence-electron chi connectivity index (χ0n) is 10.4. The molecule has 0 N–H and O–H groups in total. The first-order chi connectivity index (χ1) is 7.27. The van der Waals surface area contributed by atoms with E-state index in [-0.39, 0.29) is 0 Å². The first-order valence-corrected chi connectivity index (χ1v) is 7.90. The molecule has 0 nitrogen and oxygen atoms in total. The summed E-state index contributed by atoms with van der Waals surface area (Å²) in [6, 6.07) is 0. The highest BCUT2D eigenvalue weighted by molar-refractivity contribution is 7.95. The number of hydrogen-bond acceptors (Lipinski definition) is 0. The topological polar surface area (TPSA) is 0 Å². The smallest absolute Gasteiger partial charge is 0.418 e. The largest absolute Gasteiger partial charge is 0.673 e. The van der Waals surface area contributed by atoms with Gasteiger partial charge in [0.1, 0.15) is 5.75 Å². The van der Waals surface area contributed by atoms with Crippen molar-refractivity contribution in [1.82, 2.24) is 0 Å². The second kappa shape index (κ2) is 11.6. The summed E-state index contributed by atoms with van der Waals surface area (Å²) in [4.78, 5) is 0. The van der Waals surface area contributed by atoms with Gasteiger partial charge in [-0.15, -0.1) is 0 Å². The van der Waals surface area contributed by atoms with Gasteiger partial charge >= 0.3 is 7.25 Å². The minimum absolute atomic E-state index is 0.677. The van der Waals surface area contributed by atoms with Crippen molar-refractivity contribution in [3.8, 4) is 0 Å². The zero-order chi connectivity index (χ0) is 13.0. The summed E-state index contributed by atoms with van der Waals surface area (Å²) in [6.45, 7) is 2.27. The van der Waals surface area contributed by atoms with Crippen LogP contribution in [0.2, 0.25) is 0 Å². The quantitative estimate of drug-likeness (QED) is 0.274. The fourth-order valence-corrected chi connectivity index (χ4v) is 1.95. The molecule has 0 amide bonds. The Balaban J connectivity index is 0. The fraction of sp³-hybridized carbons (Fsp3) is 1.00. The van der Waals surface area contributed by atoms with Crippen LogP contribution in [0, 0.1) is 0 Å². The van der Waals surface area contributed by atoms with E-state index in [0.717, 1.165) is 0 Å². The second-order valence-electron chi connectivity index (χ2n) is 3.95. The predicted octanol–water partition coefficient (Wildman–Crippen LogP) is 4.52. The van der Waals surface area contributed by atoms with Crippen molar-refractivity contribution in [3.05, 3.63) is 0 Å². The normalized spacial score (nSPS) is 11.2. The van der Waals surface area contributed by atoms with Gasteiger partial charge in [-0.2, -0.15) is 0 Å². The number of halogens is 4. The summed E-state index contributed by atoms with van der Waals surface area (Å²) >= 11 is 0. The maximum atomic E-state index is 9.75. The second-order valence-corrected chi connectivity index (χ2v) is 6.33. The monoisotopic (exact) mass is 262 g/mol. The van der Waals surface area contributed by atoms with E-state index in [1.54, 1.807) is 0 Å². The van der Waals surface area contributed by atoms with E-state index in [1.165, 1.54) is 44.3 Å². The van der Waals surface area contributed by atoms with Crippen LogP contribution in [0.15, 0.2) is 0 Å². The molecule has 0 aliphatic rings. The van der Waals surface area contributed by atoms with Gasteiger partial charge in [-0.25, -0.2) is 0 Å². The van der Waals surface area contributed by atoms with Crippen LogP contribution in [0.5, 0.6) is 0 Å². The molecule has 0 aliphatic heterocycles. The molecule has 0 fully saturated rings. The molecule has 0 aromatic heterocycles. The number of rotatable bonds is 7. The minimum atomic E-state index is -6.00. The summed E-state index contributed by atoms with van der Waals surface area (Å²) < 4.78 is 39.0. The highest BCUT2D eigenvalue weighted by Crippen LogP contribution is 2.06. The van der Waals surface area contributed by atoms with Gasteiger partial charge in [0.25, 0.3) is 0 Å². The van der Waals surface area contributed by atoms with E-state index < -0.39 is 7.25 Å². The van der Waals surface area contributed by atoms with Crippen LogP contribution in [0.1, 0.15) is 45.4 Å². The molecule has 6 heteroatoms. The molecule has 0 aromatic rings. The van der Waals surface area contributed by atoms with E-state index in [2.05, 4.69) is 19.4 Å². The molecule has 0 radical (unpaired) electrons. The Morgan fingerprint density at radius 2 is 1.19 bits per heavy atom. The Morgan fingerprint density at radius 3 is 1.56 bits per heavy atom. The molecule has 0 atom stereocenters. The van der Waals surface area contributed by atoms with Gasteiger partial charge in [0.2, 0.25) is 0 Å². The lowest BCUT2D eigenvalue weighted by Gasteiger charge is -1.98. The molecule has 0 bridgehead atoms. The molecular formula is C10H23BF4S. The third-order valence-electron chi connectivity index (χ3n) is 1.91. The van der Waals surface area contributed by atoms with E-state index in [4.69, 9.17) is 0 Å². The molecule has 0 rings (SSSR count). The lowest BCUT2D eigenvalue weighted by atomic mass is 10.1. The van der Waals surface area contributed by atoms with Crippen LogP contribution in [-0.4, -0.2) is 25.5 Å². The van der Waals surface area contributed by atoms with Crippen LogP contribution in [-0.2, 0) is 10.9 Å². The maximum Gasteiger partial charge on any atom is 0.673 e. The van der Waals surface area contributed by atoms with Gasteiger partial charge in [-0.3, -0.25) is 0 Å².